The summed E-state index contributed by atoms with van der Waals surface area (Å²) in [6.07, 6.45) is 7.67. The van der Waals surface area contributed by atoms with Crippen LogP contribution in [0.3, 0.4) is 0 Å². The fraction of sp³-hybridized carbons (Fsp3) is 0.917. The third-order valence-electron chi connectivity index (χ3n) is 3.61. The van der Waals surface area contributed by atoms with Gasteiger partial charge in [-0.15, -0.1) is 0 Å². The van der Waals surface area contributed by atoms with Crippen LogP contribution in [0.1, 0.15) is 38.5 Å². The van der Waals surface area contributed by atoms with Crippen molar-refractivity contribution in [3.05, 3.63) is 6.92 Å². The molecule has 1 aliphatic heterocycles. The zero-order chi connectivity index (χ0) is 9.86. The van der Waals surface area contributed by atoms with Crippen LogP contribution in [0.25, 0.3) is 0 Å². The van der Waals surface area contributed by atoms with Gasteiger partial charge in [0.05, 0.1) is 13.2 Å². The van der Waals surface area contributed by atoms with Crippen LogP contribution in [0.5, 0.6) is 0 Å². The van der Waals surface area contributed by atoms with E-state index >= 15 is 0 Å². The lowest BCUT2D eigenvalue weighted by Crippen LogP contribution is -2.51. The molecule has 2 heteroatoms. The highest BCUT2D eigenvalue weighted by Gasteiger charge is 2.33. The summed E-state index contributed by atoms with van der Waals surface area (Å²) in [5, 5.41) is 0. The van der Waals surface area contributed by atoms with Gasteiger partial charge in [0.25, 0.3) is 0 Å². The Labute approximate surface area is 87.6 Å². The van der Waals surface area contributed by atoms with E-state index in [1.165, 1.54) is 38.5 Å². The molecule has 2 radical (unpaired) electrons. The van der Waals surface area contributed by atoms with Gasteiger partial charge in [0, 0.05) is 18.6 Å². The Balaban J connectivity index is 1.96. The van der Waals surface area contributed by atoms with Crippen LogP contribution in [0.15, 0.2) is 0 Å². The Bertz CT molecular complexity index is 167. The predicted octanol–water partition coefficient (Wildman–Crippen LogP) is 2.12. The van der Waals surface area contributed by atoms with Crippen molar-refractivity contribution in [1.82, 2.24) is 4.90 Å². The zero-order valence-corrected chi connectivity index (χ0v) is 9.00. The first-order valence-corrected chi connectivity index (χ1v) is 5.93. The van der Waals surface area contributed by atoms with Gasteiger partial charge in [-0.25, -0.2) is 0 Å². The molecule has 2 aliphatic rings. The van der Waals surface area contributed by atoms with Crippen molar-refractivity contribution < 1.29 is 4.74 Å². The van der Waals surface area contributed by atoms with E-state index in [1.54, 1.807) is 0 Å². The van der Waals surface area contributed by atoms with Crippen molar-refractivity contribution in [2.24, 2.45) is 0 Å². The summed E-state index contributed by atoms with van der Waals surface area (Å²) in [5.74, 6) is 0. The Kier molecular flexibility index (Phi) is 3.45. The minimum Gasteiger partial charge on any atom is -0.379 e. The number of morpholine rings is 1. The van der Waals surface area contributed by atoms with Crippen molar-refractivity contribution in [2.75, 3.05) is 26.3 Å². The molecular weight excluding hydrogens is 174 g/mol. The second-order valence-electron chi connectivity index (χ2n) is 4.62. The summed E-state index contributed by atoms with van der Waals surface area (Å²) < 4.78 is 5.37. The molecule has 1 heterocycles. The maximum Gasteiger partial charge on any atom is 0.0594 e. The van der Waals surface area contributed by atoms with Gasteiger partial charge in [-0.05, 0) is 19.8 Å². The maximum atomic E-state index is 6.50. The monoisotopic (exact) mass is 195 g/mol. The minimum absolute atomic E-state index is 0.0136. The van der Waals surface area contributed by atoms with Gasteiger partial charge < -0.3 is 4.74 Å². The summed E-state index contributed by atoms with van der Waals surface area (Å²) >= 11 is 0. The summed E-state index contributed by atoms with van der Waals surface area (Å²) in [6, 6.07) is 0. The van der Waals surface area contributed by atoms with Crippen LogP contribution in [0.4, 0.5) is 0 Å². The number of hydrogen-bond donors (Lipinski definition) is 0. The number of ether oxygens (including phenoxy) is 1. The van der Waals surface area contributed by atoms with Crippen LogP contribution in [-0.2, 0) is 4.74 Å². The highest BCUT2D eigenvalue weighted by molar-refractivity contribution is 4.95. The molecule has 0 spiro atoms. The van der Waals surface area contributed by atoms with Crippen molar-refractivity contribution in [1.29, 1.82) is 0 Å². The average molecular weight is 195 g/mol. The molecule has 0 atom stereocenters. The third-order valence-corrected chi connectivity index (χ3v) is 3.61. The SMILES string of the molecule is [CH]C1(N2CCOCC2)CCCCCC1. The van der Waals surface area contributed by atoms with Gasteiger partial charge in [0.2, 0.25) is 0 Å². The summed E-state index contributed by atoms with van der Waals surface area (Å²) in [5.41, 5.74) is -0.0136. The smallest absolute Gasteiger partial charge is 0.0594 e. The second-order valence-corrected chi connectivity index (χ2v) is 4.62. The van der Waals surface area contributed by atoms with Crippen LogP contribution >= 0.6 is 0 Å². The minimum atomic E-state index is -0.0136. The number of rotatable bonds is 1. The quantitative estimate of drug-likeness (QED) is 0.594. The molecule has 1 aliphatic carbocycles. The fourth-order valence-corrected chi connectivity index (χ4v) is 2.67. The van der Waals surface area contributed by atoms with Crippen molar-refractivity contribution >= 4 is 0 Å². The van der Waals surface area contributed by atoms with Gasteiger partial charge in [0.15, 0.2) is 0 Å². The van der Waals surface area contributed by atoms with Crippen molar-refractivity contribution in [3.8, 4) is 0 Å². The number of nitrogens with zero attached hydrogens (tertiary/aromatic N) is 1. The fourth-order valence-electron chi connectivity index (χ4n) is 2.67. The molecule has 0 amide bonds. The van der Waals surface area contributed by atoms with Crippen molar-refractivity contribution in [3.63, 3.8) is 0 Å². The molecule has 0 bridgehead atoms. The molecule has 2 rings (SSSR count). The first kappa shape index (κ1) is 10.4. The lowest BCUT2D eigenvalue weighted by atomic mass is 9.90. The zero-order valence-electron chi connectivity index (χ0n) is 9.00. The molecule has 2 fully saturated rings. The standard InChI is InChI=1S/C12H21NO/c1-12(6-4-2-3-5-7-12)13-8-10-14-11-9-13/h1H,2-11H2. The normalized spacial score (nSPS) is 29.8. The molecule has 1 saturated heterocycles. The summed E-state index contributed by atoms with van der Waals surface area (Å²) in [4.78, 5) is 2.45. The molecule has 14 heavy (non-hydrogen) atoms. The van der Waals surface area contributed by atoms with Gasteiger partial charge in [0.1, 0.15) is 0 Å². The highest BCUT2D eigenvalue weighted by atomic mass is 16.5. The average Bonchev–Trinajstić information content (AvgIpc) is 2.46. The van der Waals surface area contributed by atoms with Gasteiger partial charge in [-0.1, -0.05) is 25.7 Å². The second kappa shape index (κ2) is 4.63. The predicted molar refractivity (Wildman–Crippen MR) is 57.1 cm³/mol. The van der Waals surface area contributed by atoms with E-state index < -0.39 is 0 Å². The number of hydrogen-bond acceptors (Lipinski definition) is 2. The molecule has 80 valence electrons. The molecule has 0 aromatic heterocycles. The van der Waals surface area contributed by atoms with E-state index in [4.69, 9.17) is 11.7 Å². The van der Waals surface area contributed by atoms with E-state index in [-0.39, 0.29) is 5.54 Å². The van der Waals surface area contributed by atoms with E-state index in [1.807, 2.05) is 0 Å². The third kappa shape index (κ3) is 2.29. The van der Waals surface area contributed by atoms with Crippen LogP contribution in [0.2, 0.25) is 0 Å². The molecule has 0 aromatic carbocycles. The Morgan fingerprint density at radius 2 is 1.50 bits per heavy atom. The lowest BCUT2D eigenvalue weighted by molar-refractivity contribution is -0.0119. The highest BCUT2D eigenvalue weighted by Crippen LogP contribution is 2.32. The largest absolute Gasteiger partial charge is 0.379 e. The van der Waals surface area contributed by atoms with Crippen LogP contribution in [0, 0.1) is 6.92 Å². The molecular formula is C12H21NO. The van der Waals surface area contributed by atoms with Gasteiger partial charge in [-0.3, -0.25) is 4.90 Å². The molecule has 1 saturated carbocycles. The summed E-state index contributed by atoms with van der Waals surface area (Å²) in [6.45, 7) is 10.3. The van der Waals surface area contributed by atoms with Crippen LogP contribution in [-0.4, -0.2) is 36.7 Å². The molecule has 0 unspecified atom stereocenters. The van der Waals surface area contributed by atoms with E-state index in [0.717, 1.165) is 26.3 Å². The first-order valence-electron chi connectivity index (χ1n) is 5.93. The Morgan fingerprint density at radius 1 is 0.929 bits per heavy atom. The van der Waals surface area contributed by atoms with Crippen molar-refractivity contribution in [2.45, 2.75) is 44.1 Å². The van der Waals surface area contributed by atoms with E-state index in [0.29, 0.717) is 0 Å². The first-order chi connectivity index (χ1) is 6.81. The summed E-state index contributed by atoms with van der Waals surface area (Å²) in [7, 11) is 0. The maximum absolute atomic E-state index is 6.50. The Hall–Kier alpha value is -0.0800. The van der Waals surface area contributed by atoms with Gasteiger partial charge >= 0.3 is 0 Å². The molecule has 0 aromatic rings. The topological polar surface area (TPSA) is 12.5 Å². The van der Waals surface area contributed by atoms with Crippen LogP contribution < -0.4 is 0 Å². The molecule has 0 N–H and O–H groups in total. The van der Waals surface area contributed by atoms with E-state index in [2.05, 4.69) is 4.90 Å². The Morgan fingerprint density at radius 3 is 2.07 bits per heavy atom. The lowest BCUT2D eigenvalue weighted by Gasteiger charge is -2.42. The van der Waals surface area contributed by atoms with Gasteiger partial charge in [-0.2, -0.15) is 0 Å². The molecule has 2 nitrogen and oxygen atoms in total. The van der Waals surface area contributed by atoms with E-state index in [9.17, 15) is 0 Å².